The third kappa shape index (κ3) is 3.85. The molecular formula is C19H25N3O3. The molecule has 1 aromatic rings. The van der Waals surface area contributed by atoms with Gasteiger partial charge in [-0.25, -0.2) is 0 Å². The predicted octanol–water partition coefficient (Wildman–Crippen LogP) is 0.767. The summed E-state index contributed by atoms with van der Waals surface area (Å²) in [5, 5.41) is 3.14. The molecular weight excluding hydrogens is 318 g/mol. The topological polar surface area (TPSA) is 61.9 Å². The molecule has 2 saturated heterocycles. The maximum atomic E-state index is 12.8. The average Bonchev–Trinajstić information content (AvgIpc) is 3.37. The van der Waals surface area contributed by atoms with Crippen LogP contribution in [0.25, 0.3) is 0 Å². The van der Waals surface area contributed by atoms with E-state index >= 15 is 0 Å². The molecule has 0 spiro atoms. The van der Waals surface area contributed by atoms with Crippen molar-refractivity contribution in [3.8, 4) is 0 Å². The van der Waals surface area contributed by atoms with Crippen molar-refractivity contribution < 1.29 is 14.3 Å². The smallest absolute Gasteiger partial charge is 0.249 e. The van der Waals surface area contributed by atoms with Crippen molar-refractivity contribution in [1.29, 1.82) is 0 Å². The molecule has 2 heterocycles. The molecule has 134 valence electrons. The number of benzene rings is 1. The minimum atomic E-state index is -0.545. The summed E-state index contributed by atoms with van der Waals surface area (Å²) in [6, 6.07) is 10.2. The van der Waals surface area contributed by atoms with Gasteiger partial charge in [-0.1, -0.05) is 30.3 Å². The van der Waals surface area contributed by atoms with Gasteiger partial charge in [0, 0.05) is 31.7 Å². The molecule has 0 bridgehead atoms. The van der Waals surface area contributed by atoms with Gasteiger partial charge in [0.2, 0.25) is 11.8 Å². The van der Waals surface area contributed by atoms with Gasteiger partial charge in [0.15, 0.2) is 0 Å². The molecule has 4 rings (SSSR count). The van der Waals surface area contributed by atoms with E-state index in [4.69, 9.17) is 4.74 Å². The number of carbonyl (C=O) groups excluding carboxylic acids is 2. The number of amides is 2. The minimum absolute atomic E-state index is 0.0511. The Kier molecular flexibility index (Phi) is 4.72. The number of hydrogen-bond acceptors (Lipinski definition) is 4. The van der Waals surface area contributed by atoms with Crippen LogP contribution in [0.1, 0.15) is 24.8 Å². The number of nitrogens with zero attached hydrogens (tertiary/aromatic N) is 2. The molecule has 0 radical (unpaired) electrons. The summed E-state index contributed by atoms with van der Waals surface area (Å²) in [6.45, 7) is 2.75. The summed E-state index contributed by atoms with van der Waals surface area (Å²) in [4.78, 5) is 29.2. The normalized spacial score (nSPS) is 27.5. The molecule has 25 heavy (non-hydrogen) atoms. The second-order valence-corrected chi connectivity index (χ2v) is 7.26. The number of nitrogens with one attached hydrogen (secondary N) is 1. The highest BCUT2D eigenvalue weighted by molar-refractivity contribution is 5.89. The Morgan fingerprint density at radius 1 is 1.20 bits per heavy atom. The van der Waals surface area contributed by atoms with Gasteiger partial charge in [0.05, 0.1) is 6.61 Å². The highest BCUT2D eigenvalue weighted by Gasteiger charge is 2.38. The Balaban J connectivity index is 1.39. The van der Waals surface area contributed by atoms with Crippen LogP contribution in [0.15, 0.2) is 30.3 Å². The zero-order valence-electron chi connectivity index (χ0n) is 14.4. The second kappa shape index (κ2) is 7.14. The van der Waals surface area contributed by atoms with Crippen molar-refractivity contribution in [1.82, 2.24) is 15.1 Å². The number of likely N-dealkylation sites (tertiary alicyclic amines) is 1. The SMILES string of the molecule is O=C(N[C@@H]1CCN(C2CC2)C1)[C@H]1COCC(=O)N1Cc1ccccc1. The van der Waals surface area contributed by atoms with Gasteiger partial charge < -0.3 is 15.0 Å². The third-order valence-electron chi connectivity index (χ3n) is 5.33. The Morgan fingerprint density at radius 3 is 2.76 bits per heavy atom. The number of morpholine rings is 1. The van der Waals surface area contributed by atoms with Gasteiger partial charge in [-0.2, -0.15) is 0 Å². The summed E-state index contributed by atoms with van der Waals surface area (Å²) in [6.07, 6.45) is 3.56. The molecule has 3 fully saturated rings. The first kappa shape index (κ1) is 16.5. The molecule has 6 nitrogen and oxygen atoms in total. The third-order valence-corrected chi connectivity index (χ3v) is 5.33. The lowest BCUT2D eigenvalue weighted by atomic mass is 10.1. The molecule has 0 aromatic heterocycles. The van der Waals surface area contributed by atoms with Crippen LogP contribution in [0.2, 0.25) is 0 Å². The fourth-order valence-electron chi connectivity index (χ4n) is 3.77. The van der Waals surface area contributed by atoms with E-state index in [1.165, 1.54) is 12.8 Å². The quantitative estimate of drug-likeness (QED) is 0.858. The van der Waals surface area contributed by atoms with E-state index in [-0.39, 0.29) is 31.1 Å². The second-order valence-electron chi connectivity index (χ2n) is 7.26. The number of ether oxygens (including phenoxy) is 1. The van der Waals surface area contributed by atoms with Gasteiger partial charge >= 0.3 is 0 Å². The molecule has 2 atom stereocenters. The number of rotatable bonds is 5. The highest BCUT2D eigenvalue weighted by Crippen LogP contribution is 2.29. The van der Waals surface area contributed by atoms with Gasteiger partial charge in [0.25, 0.3) is 0 Å². The molecule has 1 aliphatic carbocycles. The van der Waals surface area contributed by atoms with Crippen molar-refractivity contribution in [2.45, 2.75) is 43.9 Å². The van der Waals surface area contributed by atoms with Crippen LogP contribution in [0.5, 0.6) is 0 Å². The number of carbonyl (C=O) groups is 2. The first-order chi connectivity index (χ1) is 12.2. The fourth-order valence-corrected chi connectivity index (χ4v) is 3.77. The summed E-state index contributed by atoms with van der Waals surface area (Å²) < 4.78 is 5.35. The van der Waals surface area contributed by atoms with Crippen molar-refractivity contribution in [3.63, 3.8) is 0 Å². The van der Waals surface area contributed by atoms with Crippen LogP contribution >= 0.6 is 0 Å². The van der Waals surface area contributed by atoms with E-state index < -0.39 is 6.04 Å². The summed E-state index contributed by atoms with van der Waals surface area (Å²) in [7, 11) is 0. The summed E-state index contributed by atoms with van der Waals surface area (Å²) >= 11 is 0. The van der Waals surface area contributed by atoms with Crippen LogP contribution in [-0.4, -0.2) is 66.0 Å². The number of hydrogen-bond donors (Lipinski definition) is 1. The minimum Gasteiger partial charge on any atom is -0.369 e. The van der Waals surface area contributed by atoms with Gasteiger partial charge in [-0.05, 0) is 24.8 Å². The largest absolute Gasteiger partial charge is 0.369 e. The Morgan fingerprint density at radius 2 is 2.00 bits per heavy atom. The van der Waals surface area contributed by atoms with Gasteiger partial charge in [-0.3, -0.25) is 14.5 Å². The standard InChI is InChI=1S/C19H25N3O3/c23-18-13-25-12-17(22(18)10-14-4-2-1-3-5-14)19(24)20-15-8-9-21(11-15)16-6-7-16/h1-5,15-17H,6-13H2,(H,20,24)/t15-,17-/m1/s1. The first-order valence-electron chi connectivity index (χ1n) is 9.16. The van der Waals surface area contributed by atoms with Crippen LogP contribution in [0, 0.1) is 0 Å². The van der Waals surface area contributed by atoms with E-state index in [1.807, 2.05) is 30.3 Å². The zero-order valence-corrected chi connectivity index (χ0v) is 14.4. The van der Waals surface area contributed by atoms with E-state index in [0.717, 1.165) is 31.1 Å². The summed E-state index contributed by atoms with van der Waals surface area (Å²) in [5.74, 6) is -0.215. The van der Waals surface area contributed by atoms with Crippen LogP contribution in [0.3, 0.4) is 0 Å². The van der Waals surface area contributed by atoms with Crippen molar-refractivity contribution >= 4 is 11.8 Å². The maximum absolute atomic E-state index is 12.8. The Labute approximate surface area is 148 Å². The lowest BCUT2D eigenvalue weighted by Crippen LogP contribution is -2.57. The molecule has 1 aromatic carbocycles. The molecule has 3 aliphatic rings. The molecule has 1 N–H and O–H groups in total. The lowest BCUT2D eigenvalue weighted by molar-refractivity contribution is -0.155. The molecule has 2 amide bonds. The van der Waals surface area contributed by atoms with Crippen LogP contribution < -0.4 is 5.32 Å². The van der Waals surface area contributed by atoms with E-state index in [0.29, 0.717) is 6.54 Å². The van der Waals surface area contributed by atoms with E-state index in [9.17, 15) is 9.59 Å². The monoisotopic (exact) mass is 343 g/mol. The predicted molar refractivity (Wildman–Crippen MR) is 92.7 cm³/mol. The average molecular weight is 343 g/mol. The molecule has 2 aliphatic heterocycles. The van der Waals surface area contributed by atoms with Crippen molar-refractivity contribution in [2.75, 3.05) is 26.3 Å². The maximum Gasteiger partial charge on any atom is 0.249 e. The van der Waals surface area contributed by atoms with Crippen molar-refractivity contribution in [2.24, 2.45) is 0 Å². The highest BCUT2D eigenvalue weighted by atomic mass is 16.5. The van der Waals surface area contributed by atoms with Crippen LogP contribution in [0.4, 0.5) is 0 Å². The summed E-state index contributed by atoms with van der Waals surface area (Å²) in [5.41, 5.74) is 1.02. The zero-order chi connectivity index (χ0) is 17.2. The Hall–Kier alpha value is -1.92. The molecule has 1 saturated carbocycles. The van der Waals surface area contributed by atoms with Gasteiger partial charge in [0.1, 0.15) is 12.6 Å². The lowest BCUT2D eigenvalue weighted by Gasteiger charge is -2.35. The van der Waals surface area contributed by atoms with Gasteiger partial charge in [-0.15, -0.1) is 0 Å². The van der Waals surface area contributed by atoms with E-state index in [2.05, 4.69) is 10.2 Å². The Bertz CT molecular complexity index is 632. The van der Waals surface area contributed by atoms with Crippen molar-refractivity contribution in [3.05, 3.63) is 35.9 Å². The molecule has 0 unspecified atom stereocenters. The fraction of sp³-hybridized carbons (Fsp3) is 0.579. The van der Waals surface area contributed by atoms with Crippen LogP contribution in [-0.2, 0) is 20.9 Å². The molecule has 6 heteroatoms. The van der Waals surface area contributed by atoms with E-state index in [1.54, 1.807) is 4.90 Å². The first-order valence-corrected chi connectivity index (χ1v) is 9.16.